The third kappa shape index (κ3) is 3.10. The zero-order valence-electron chi connectivity index (χ0n) is 11.1. The standard InChI is InChI=1S/C18H20/c1-3-15(2)18-12-8-7-11-17(18)14-13-16-9-5-4-6-10-16/h4-15H,3H2,1-2H3/b14-13+. The molecule has 0 heteroatoms. The highest BCUT2D eigenvalue weighted by atomic mass is 14.1. The number of hydrogen-bond donors (Lipinski definition) is 0. The molecule has 2 aromatic carbocycles. The van der Waals surface area contributed by atoms with Crippen molar-refractivity contribution in [2.24, 2.45) is 0 Å². The van der Waals surface area contributed by atoms with Crippen molar-refractivity contribution in [3.63, 3.8) is 0 Å². The maximum absolute atomic E-state index is 2.29. The van der Waals surface area contributed by atoms with Crippen molar-refractivity contribution in [3.05, 3.63) is 71.3 Å². The van der Waals surface area contributed by atoms with Gasteiger partial charge in [0, 0.05) is 0 Å². The molecule has 0 bridgehead atoms. The Balaban J connectivity index is 2.26. The Hall–Kier alpha value is -1.82. The average Bonchev–Trinajstić information content (AvgIpc) is 2.45. The van der Waals surface area contributed by atoms with Gasteiger partial charge in [0.1, 0.15) is 0 Å². The van der Waals surface area contributed by atoms with Gasteiger partial charge in [-0.1, -0.05) is 80.6 Å². The van der Waals surface area contributed by atoms with Crippen LogP contribution in [0.15, 0.2) is 54.6 Å². The molecule has 2 rings (SSSR count). The van der Waals surface area contributed by atoms with Gasteiger partial charge in [-0.3, -0.25) is 0 Å². The topological polar surface area (TPSA) is 0 Å². The van der Waals surface area contributed by atoms with Crippen LogP contribution in [0.4, 0.5) is 0 Å². The van der Waals surface area contributed by atoms with Gasteiger partial charge in [0.25, 0.3) is 0 Å². The molecule has 0 spiro atoms. The maximum atomic E-state index is 2.29. The molecule has 0 radical (unpaired) electrons. The van der Waals surface area contributed by atoms with Crippen molar-refractivity contribution < 1.29 is 0 Å². The lowest BCUT2D eigenvalue weighted by atomic mass is 9.93. The SMILES string of the molecule is CCC(C)c1ccccc1/C=C/c1ccccc1. The Kier molecular flexibility index (Phi) is 4.35. The second kappa shape index (κ2) is 6.20. The summed E-state index contributed by atoms with van der Waals surface area (Å²) in [5, 5.41) is 0. The van der Waals surface area contributed by atoms with E-state index in [0.717, 1.165) is 0 Å². The lowest BCUT2D eigenvalue weighted by molar-refractivity contribution is 0.732. The van der Waals surface area contributed by atoms with Gasteiger partial charge in [-0.25, -0.2) is 0 Å². The molecule has 0 heterocycles. The van der Waals surface area contributed by atoms with Crippen LogP contribution in [0.3, 0.4) is 0 Å². The number of benzene rings is 2. The second-order valence-corrected chi connectivity index (χ2v) is 4.68. The minimum Gasteiger partial charge on any atom is -0.0648 e. The summed E-state index contributed by atoms with van der Waals surface area (Å²) in [5.41, 5.74) is 4.01. The monoisotopic (exact) mass is 236 g/mol. The zero-order valence-corrected chi connectivity index (χ0v) is 11.1. The third-order valence-corrected chi connectivity index (χ3v) is 3.39. The second-order valence-electron chi connectivity index (χ2n) is 4.68. The lowest BCUT2D eigenvalue weighted by Gasteiger charge is -2.12. The first-order chi connectivity index (χ1) is 8.81. The summed E-state index contributed by atoms with van der Waals surface area (Å²) < 4.78 is 0. The van der Waals surface area contributed by atoms with Gasteiger partial charge < -0.3 is 0 Å². The van der Waals surface area contributed by atoms with Crippen molar-refractivity contribution in [3.8, 4) is 0 Å². The first-order valence-electron chi connectivity index (χ1n) is 6.63. The summed E-state index contributed by atoms with van der Waals surface area (Å²) in [6, 6.07) is 19.1. The Morgan fingerprint density at radius 2 is 1.56 bits per heavy atom. The molecule has 1 atom stereocenters. The summed E-state index contributed by atoms with van der Waals surface area (Å²) in [5.74, 6) is 0.613. The fourth-order valence-electron chi connectivity index (χ4n) is 2.08. The first kappa shape index (κ1) is 12.6. The Labute approximate surface area is 110 Å². The van der Waals surface area contributed by atoms with Gasteiger partial charge in [0.15, 0.2) is 0 Å². The van der Waals surface area contributed by atoms with Gasteiger partial charge in [-0.05, 0) is 29.0 Å². The van der Waals surface area contributed by atoms with Crippen LogP contribution in [0.5, 0.6) is 0 Å². The van der Waals surface area contributed by atoms with Crippen molar-refractivity contribution in [2.75, 3.05) is 0 Å². The highest BCUT2D eigenvalue weighted by molar-refractivity contribution is 5.71. The summed E-state index contributed by atoms with van der Waals surface area (Å²) in [7, 11) is 0. The molecule has 2 aromatic rings. The first-order valence-corrected chi connectivity index (χ1v) is 6.63. The Bertz CT molecular complexity index is 509. The maximum Gasteiger partial charge on any atom is -0.0187 e. The van der Waals surface area contributed by atoms with E-state index in [-0.39, 0.29) is 0 Å². The zero-order chi connectivity index (χ0) is 12.8. The van der Waals surface area contributed by atoms with Crippen LogP contribution in [0.1, 0.15) is 42.9 Å². The molecule has 0 aliphatic heterocycles. The van der Waals surface area contributed by atoms with E-state index < -0.39 is 0 Å². The van der Waals surface area contributed by atoms with Crippen LogP contribution in [0, 0.1) is 0 Å². The van der Waals surface area contributed by atoms with E-state index in [0.29, 0.717) is 5.92 Å². The molecule has 0 aliphatic rings. The molecule has 0 fully saturated rings. The quantitative estimate of drug-likeness (QED) is 0.626. The minimum atomic E-state index is 0.613. The smallest absolute Gasteiger partial charge is 0.0187 e. The van der Waals surface area contributed by atoms with Crippen LogP contribution in [0.2, 0.25) is 0 Å². The Morgan fingerprint density at radius 1 is 0.889 bits per heavy atom. The van der Waals surface area contributed by atoms with E-state index in [4.69, 9.17) is 0 Å². The van der Waals surface area contributed by atoms with Gasteiger partial charge in [-0.15, -0.1) is 0 Å². The molecule has 0 saturated heterocycles. The molecule has 18 heavy (non-hydrogen) atoms. The van der Waals surface area contributed by atoms with E-state index in [9.17, 15) is 0 Å². The highest BCUT2D eigenvalue weighted by Crippen LogP contribution is 2.24. The summed E-state index contributed by atoms with van der Waals surface area (Å²) in [4.78, 5) is 0. The highest BCUT2D eigenvalue weighted by Gasteiger charge is 2.05. The molecule has 0 amide bonds. The third-order valence-electron chi connectivity index (χ3n) is 3.39. The Morgan fingerprint density at radius 3 is 2.28 bits per heavy atom. The summed E-state index contributed by atoms with van der Waals surface area (Å²) >= 11 is 0. The van der Waals surface area contributed by atoms with Crippen molar-refractivity contribution in [1.82, 2.24) is 0 Å². The van der Waals surface area contributed by atoms with Gasteiger partial charge in [0.05, 0.1) is 0 Å². The van der Waals surface area contributed by atoms with Crippen LogP contribution in [0.25, 0.3) is 12.2 Å². The molecular weight excluding hydrogens is 216 g/mol. The fourth-order valence-corrected chi connectivity index (χ4v) is 2.08. The lowest BCUT2D eigenvalue weighted by Crippen LogP contribution is -1.94. The van der Waals surface area contributed by atoms with Crippen LogP contribution in [-0.2, 0) is 0 Å². The van der Waals surface area contributed by atoms with Gasteiger partial charge in [-0.2, -0.15) is 0 Å². The van der Waals surface area contributed by atoms with Crippen molar-refractivity contribution in [2.45, 2.75) is 26.2 Å². The molecule has 1 unspecified atom stereocenters. The molecule has 92 valence electrons. The van der Waals surface area contributed by atoms with Crippen LogP contribution in [-0.4, -0.2) is 0 Å². The molecule has 0 aliphatic carbocycles. The van der Waals surface area contributed by atoms with Gasteiger partial charge >= 0.3 is 0 Å². The predicted octanol–water partition coefficient (Wildman–Crippen LogP) is 5.37. The largest absolute Gasteiger partial charge is 0.0648 e. The molecule has 0 saturated carbocycles. The minimum absolute atomic E-state index is 0.613. The summed E-state index contributed by atoms with van der Waals surface area (Å²) in [6.45, 7) is 4.53. The fraction of sp³-hybridized carbons (Fsp3) is 0.222. The predicted molar refractivity (Wildman–Crippen MR) is 80.5 cm³/mol. The van der Waals surface area contributed by atoms with E-state index >= 15 is 0 Å². The van der Waals surface area contributed by atoms with Gasteiger partial charge in [0.2, 0.25) is 0 Å². The van der Waals surface area contributed by atoms with Crippen LogP contribution < -0.4 is 0 Å². The van der Waals surface area contributed by atoms with Crippen molar-refractivity contribution >= 4 is 12.2 Å². The van der Waals surface area contributed by atoms with Crippen LogP contribution >= 0.6 is 0 Å². The molecule has 0 N–H and O–H groups in total. The van der Waals surface area contributed by atoms with E-state index in [1.165, 1.54) is 23.1 Å². The number of rotatable bonds is 4. The average molecular weight is 236 g/mol. The molecule has 0 aromatic heterocycles. The summed E-state index contributed by atoms with van der Waals surface area (Å²) in [6.07, 6.45) is 5.58. The van der Waals surface area contributed by atoms with E-state index in [1.807, 2.05) is 6.07 Å². The number of hydrogen-bond acceptors (Lipinski definition) is 0. The normalized spacial score (nSPS) is 12.8. The van der Waals surface area contributed by atoms with Crippen molar-refractivity contribution in [1.29, 1.82) is 0 Å². The van der Waals surface area contributed by atoms with E-state index in [2.05, 4.69) is 74.5 Å². The molecule has 0 nitrogen and oxygen atoms in total. The molecular formula is C18H20. The van der Waals surface area contributed by atoms with E-state index in [1.54, 1.807) is 0 Å².